The summed E-state index contributed by atoms with van der Waals surface area (Å²) in [7, 11) is 0. The van der Waals surface area contributed by atoms with Crippen molar-refractivity contribution in [1.29, 1.82) is 0 Å². The first-order chi connectivity index (χ1) is 5.41. The number of hydrogen-bond donors (Lipinski definition) is 1. The summed E-state index contributed by atoms with van der Waals surface area (Å²) in [5, 5.41) is 9.42. The van der Waals surface area contributed by atoms with Crippen molar-refractivity contribution in [1.82, 2.24) is 0 Å². The molecule has 0 aliphatic heterocycles. The van der Waals surface area contributed by atoms with Gasteiger partial charge in [-0.3, -0.25) is 0 Å². The highest BCUT2D eigenvalue weighted by molar-refractivity contribution is 4.83. The normalized spacial score (nSPS) is 32.8. The van der Waals surface area contributed by atoms with Crippen molar-refractivity contribution < 1.29 is 5.11 Å². The van der Waals surface area contributed by atoms with Crippen LogP contribution < -0.4 is 0 Å². The van der Waals surface area contributed by atoms with E-state index in [0.717, 1.165) is 12.3 Å². The molecule has 0 aromatic heterocycles. The van der Waals surface area contributed by atoms with Gasteiger partial charge in [0.2, 0.25) is 0 Å². The summed E-state index contributed by atoms with van der Waals surface area (Å²) in [6.07, 6.45) is 3.48. The third-order valence-electron chi connectivity index (χ3n) is 3.51. The van der Waals surface area contributed by atoms with Crippen molar-refractivity contribution >= 4 is 0 Å². The largest absolute Gasteiger partial charge is 0.393 e. The van der Waals surface area contributed by atoms with Crippen LogP contribution in [0.2, 0.25) is 0 Å². The maximum atomic E-state index is 9.42. The Labute approximate surface area is 76.2 Å². The molecule has 1 saturated carbocycles. The number of aliphatic hydroxyl groups excluding tert-OH is 1. The van der Waals surface area contributed by atoms with Crippen LogP contribution in [-0.2, 0) is 0 Å². The van der Waals surface area contributed by atoms with Crippen molar-refractivity contribution in [2.24, 2.45) is 17.3 Å². The number of aliphatic hydroxyl groups is 1. The summed E-state index contributed by atoms with van der Waals surface area (Å²) in [6.45, 7) is 9.14. The molecule has 0 bridgehead atoms. The molecular weight excluding hydrogens is 148 g/mol. The Bertz CT molecular complexity index is 146. The van der Waals surface area contributed by atoms with Gasteiger partial charge >= 0.3 is 0 Å². The highest BCUT2D eigenvalue weighted by Gasteiger charge is 2.32. The Hall–Kier alpha value is -0.0400. The molecule has 12 heavy (non-hydrogen) atoms. The first-order valence-electron chi connectivity index (χ1n) is 5.09. The second-order valence-electron chi connectivity index (χ2n) is 5.41. The summed E-state index contributed by atoms with van der Waals surface area (Å²) in [4.78, 5) is 0. The molecular formula is C11H22O. The SMILES string of the molecule is CC(CC1CCC1O)C(C)(C)C. The fraction of sp³-hybridized carbons (Fsp3) is 1.00. The van der Waals surface area contributed by atoms with Gasteiger partial charge in [0, 0.05) is 0 Å². The van der Waals surface area contributed by atoms with E-state index in [-0.39, 0.29) is 6.10 Å². The van der Waals surface area contributed by atoms with E-state index < -0.39 is 0 Å². The zero-order chi connectivity index (χ0) is 9.35. The topological polar surface area (TPSA) is 20.2 Å². The lowest BCUT2D eigenvalue weighted by molar-refractivity contribution is 0.00202. The molecule has 1 aliphatic carbocycles. The van der Waals surface area contributed by atoms with Crippen LogP contribution in [0.5, 0.6) is 0 Å². The summed E-state index contributed by atoms with van der Waals surface area (Å²) in [5.41, 5.74) is 0.398. The average Bonchev–Trinajstić information content (AvgIpc) is 1.95. The second-order valence-corrected chi connectivity index (χ2v) is 5.41. The summed E-state index contributed by atoms with van der Waals surface area (Å²) in [5.74, 6) is 1.32. The standard InChI is InChI=1S/C11H22O/c1-8(11(2,3)4)7-9-5-6-10(9)12/h8-10,12H,5-7H2,1-4H3. The lowest BCUT2D eigenvalue weighted by Crippen LogP contribution is -2.34. The van der Waals surface area contributed by atoms with Crippen LogP contribution in [-0.4, -0.2) is 11.2 Å². The number of hydrogen-bond acceptors (Lipinski definition) is 1. The van der Waals surface area contributed by atoms with E-state index in [1.54, 1.807) is 0 Å². The van der Waals surface area contributed by atoms with E-state index >= 15 is 0 Å². The van der Waals surface area contributed by atoms with E-state index in [1.807, 2.05) is 0 Å². The van der Waals surface area contributed by atoms with Gasteiger partial charge in [-0.25, -0.2) is 0 Å². The Balaban J connectivity index is 2.31. The predicted molar refractivity (Wildman–Crippen MR) is 52.0 cm³/mol. The molecule has 1 rings (SSSR count). The molecule has 0 heterocycles. The molecule has 3 unspecified atom stereocenters. The molecule has 0 spiro atoms. The van der Waals surface area contributed by atoms with E-state index in [0.29, 0.717) is 11.3 Å². The third-order valence-corrected chi connectivity index (χ3v) is 3.51. The van der Waals surface area contributed by atoms with Crippen LogP contribution in [0.1, 0.15) is 47.0 Å². The molecule has 0 saturated heterocycles. The molecule has 1 fully saturated rings. The van der Waals surface area contributed by atoms with Crippen molar-refractivity contribution in [3.8, 4) is 0 Å². The lowest BCUT2D eigenvalue weighted by Gasteiger charge is -2.38. The Kier molecular flexibility index (Phi) is 2.82. The summed E-state index contributed by atoms with van der Waals surface area (Å²) in [6, 6.07) is 0. The Morgan fingerprint density at radius 1 is 1.33 bits per heavy atom. The van der Waals surface area contributed by atoms with Gasteiger partial charge in [0.25, 0.3) is 0 Å². The van der Waals surface area contributed by atoms with Crippen molar-refractivity contribution in [2.45, 2.75) is 53.1 Å². The van der Waals surface area contributed by atoms with Gasteiger partial charge in [-0.05, 0) is 36.5 Å². The smallest absolute Gasteiger partial charge is 0.0568 e. The van der Waals surface area contributed by atoms with Gasteiger partial charge in [-0.2, -0.15) is 0 Å². The highest BCUT2D eigenvalue weighted by Crippen LogP contribution is 2.38. The fourth-order valence-electron chi connectivity index (χ4n) is 1.63. The van der Waals surface area contributed by atoms with E-state index in [9.17, 15) is 5.11 Å². The minimum atomic E-state index is 0.00907. The molecule has 1 heteroatoms. The summed E-state index contributed by atoms with van der Waals surface area (Å²) >= 11 is 0. The first kappa shape index (κ1) is 10.0. The Morgan fingerprint density at radius 3 is 2.17 bits per heavy atom. The second kappa shape index (κ2) is 3.37. The maximum Gasteiger partial charge on any atom is 0.0568 e. The van der Waals surface area contributed by atoms with Gasteiger partial charge in [-0.1, -0.05) is 27.7 Å². The molecule has 0 amide bonds. The molecule has 1 nitrogen and oxygen atoms in total. The molecule has 1 aliphatic rings. The van der Waals surface area contributed by atoms with Crippen LogP contribution in [0.3, 0.4) is 0 Å². The van der Waals surface area contributed by atoms with Gasteiger partial charge < -0.3 is 5.11 Å². The zero-order valence-corrected chi connectivity index (χ0v) is 8.80. The molecule has 72 valence electrons. The quantitative estimate of drug-likeness (QED) is 0.675. The van der Waals surface area contributed by atoms with Crippen molar-refractivity contribution in [3.05, 3.63) is 0 Å². The van der Waals surface area contributed by atoms with Gasteiger partial charge in [0.1, 0.15) is 0 Å². The van der Waals surface area contributed by atoms with Crippen LogP contribution >= 0.6 is 0 Å². The van der Waals surface area contributed by atoms with Crippen LogP contribution in [0, 0.1) is 17.3 Å². The molecule has 0 aromatic carbocycles. The Morgan fingerprint density at radius 2 is 1.92 bits per heavy atom. The minimum Gasteiger partial charge on any atom is -0.393 e. The monoisotopic (exact) mass is 170 g/mol. The summed E-state index contributed by atoms with van der Waals surface area (Å²) < 4.78 is 0. The fourth-order valence-corrected chi connectivity index (χ4v) is 1.63. The molecule has 3 atom stereocenters. The van der Waals surface area contributed by atoms with Crippen LogP contribution in [0.25, 0.3) is 0 Å². The zero-order valence-electron chi connectivity index (χ0n) is 8.80. The average molecular weight is 170 g/mol. The lowest BCUT2D eigenvalue weighted by atomic mass is 9.70. The van der Waals surface area contributed by atoms with Gasteiger partial charge in [-0.15, -0.1) is 0 Å². The van der Waals surface area contributed by atoms with Gasteiger partial charge in [0.15, 0.2) is 0 Å². The first-order valence-corrected chi connectivity index (χ1v) is 5.09. The minimum absolute atomic E-state index is 0.00907. The van der Waals surface area contributed by atoms with E-state index in [1.165, 1.54) is 12.8 Å². The predicted octanol–water partition coefficient (Wildman–Crippen LogP) is 2.83. The highest BCUT2D eigenvalue weighted by atomic mass is 16.3. The van der Waals surface area contributed by atoms with E-state index in [2.05, 4.69) is 27.7 Å². The van der Waals surface area contributed by atoms with Crippen LogP contribution in [0.4, 0.5) is 0 Å². The van der Waals surface area contributed by atoms with Crippen molar-refractivity contribution in [3.63, 3.8) is 0 Å². The van der Waals surface area contributed by atoms with Gasteiger partial charge in [0.05, 0.1) is 6.10 Å². The molecule has 0 aromatic rings. The van der Waals surface area contributed by atoms with E-state index in [4.69, 9.17) is 0 Å². The maximum absolute atomic E-state index is 9.42. The third kappa shape index (κ3) is 2.22. The van der Waals surface area contributed by atoms with Crippen LogP contribution in [0.15, 0.2) is 0 Å². The van der Waals surface area contributed by atoms with Crippen molar-refractivity contribution in [2.75, 3.05) is 0 Å². The molecule has 1 N–H and O–H groups in total. The molecule has 0 radical (unpaired) electrons. The number of rotatable bonds is 2.